The van der Waals surface area contributed by atoms with Crippen molar-refractivity contribution in [1.29, 1.82) is 0 Å². The number of H-pyrrole nitrogens is 1. The van der Waals surface area contributed by atoms with E-state index >= 15 is 0 Å². The molecule has 1 aliphatic heterocycles. The summed E-state index contributed by atoms with van der Waals surface area (Å²) < 4.78 is 10.7. The van der Waals surface area contributed by atoms with Crippen LogP contribution >= 0.6 is 0 Å². The molecule has 6 heteroatoms. The molecule has 1 fully saturated rings. The molecule has 0 unspecified atom stereocenters. The third-order valence-electron chi connectivity index (χ3n) is 4.34. The van der Waals surface area contributed by atoms with Crippen LogP contribution in [0.15, 0.2) is 41.3 Å². The quantitative estimate of drug-likeness (QED) is 0.935. The van der Waals surface area contributed by atoms with Crippen LogP contribution in [0.5, 0.6) is 11.5 Å². The first-order chi connectivity index (χ1) is 11.6. The van der Waals surface area contributed by atoms with E-state index in [-0.39, 0.29) is 17.5 Å². The number of amides is 1. The number of carbonyl (C=O) groups excluding carboxylic acids is 1. The third-order valence-corrected chi connectivity index (χ3v) is 4.34. The van der Waals surface area contributed by atoms with Gasteiger partial charge in [0.15, 0.2) is 0 Å². The molecule has 1 atom stereocenters. The van der Waals surface area contributed by atoms with Crippen LogP contribution < -0.4 is 15.0 Å². The highest BCUT2D eigenvalue weighted by atomic mass is 16.5. The summed E-state index contributed by atoms with van der Waals surface area (Å²) in [4.78, 5) is 28.4. The van der Waals surface area contributed by atoms with Crippen molar-refractivity contribution in [2.75, 3.05) is 20.8 Å². The van der Waals surface area contributed by atoms with Crippen molar-refractivity contribution in [3.63, 3.8) is 0 Å². The van der Waals surface area contributed by atoms with E-state index in [4.69, 9.17) is 9.47 Å². The molecular formula is C18H20N2O4. The molecule has 2 heterocycles. The van der Waals surface area contributed by atoms with Crippen LogP contribution in [0.3, 0.4) is 0 Å². The van der Waals surface area contributed by atoms with Crippen LogP contribution in [0.4, 0.5) is 0 Å². The molecule has 126 valence electrons. The predicted octanol–water partition coefficient (Wildman–Crippen LogP) is 2.37. The van der Waals surface area contributed by atoms with Crippen LogP contribution in [0.25, 0.3) is 0 Å². The molecule has 0 spiro atoms. The van der Waals surface area contributed by atoms with E-state index in [0.29, 0.717) is 23.6 Å². The average molecular weight is 328 g/mol. The molecule has 1 aromatic heterocycles. The van der Waals surface area contributed by atoms with Crippen LogP contribution in [0.2, 0.25) is 0 Å². The molecule has 0 aliphatic carbocycles. The summed E-state index contributed by atoms with van der Waals surface area (Å²) in [6, 6.07) is 8.52. The highest BCUT2D eigenvalue weighted by Gasteiger charge is 2.32. The fourth-order valence-corrected chi connectivity index (χ4v) is 3.14. The molecular weight excluding hydrogens is 308 g/mol. The van der Waals surface area contributed by atoms with Crippen molar-refractivity contribution in [2.24, 2.45) is 0 Å². The number of carbonyl (C=O) groups is 1. The molecule has 0 bridgehead atoms. The number of methoxy groups -OCH3 is 2. The van der Waals surface area contributed by atoms with Crippen LogP contribution in [0.1, 0.15) is 34.8 Å². The first-order valence-electron chi connectivity index (χ1n) is 7.85. The van der Waals surface area contributed by atoms with Gasteiger partial charge in [-0.15, -0.1) is 0 Å². The lowest BCUT2D eigenvalue weighted by Gasteiger charge is -2.26. The van der Waals surface area contributed by atoms with Crippen molar-refractivity contribution in [1.82, 2.24) is 9.88 Å². The Hall–Kier alpha value is -2.76. The van der Waals surface area contributed by atoms with Gasteiger partial charge >= 0.3 is 0 Å². The van der Waals surface area contributed by atoms with Gasteiger partial charge in [0.1, 0.15) is 11.5 Å². The summed E-state index contributed by atoms with van der Waals surface area (Å²) in [5.41, 5.74) is 1.23. The number of aromatic amines is 1. The normalized spacial score (nSPS) is 16.9. The van der Waals surface area contributed by atoms with E-state index in [9.17, 15) is 9.59 Å². The molecule has 1 saturated heterocycles. The van der Waals surface area contributed by atoms with Gasteiger partial charge in [-0.25, -0.2) is 0 Å². The minimum atomic E-state index is -0.221. The van der Waals surface area contributed by atoms with Crippen molar-refractivity contribution < 1.29 is 14.3 Å². The Morgan fingerprint density at radius 2 is 2.04 bits per heavy atom. The maximum atomic E-state index is 12.8. The number of benzene rings is 1. The zero-order valence-electron chi connectivity index (χ0n) is 13.7. The van der Waals surface area contributed by atoms with E-state index in [2.05, 4.69) is 4.98 Å². The first kappa shape index (κ1) is 16.1. The van der Waals surface area contributed by atoms with E-state index in [1.54, 1.807) is 20.3 Å². The van der Waals surface area contributed by atoms with Gasteiger partial charge in [0, 0.05) is 30.4 Å². The van der Waals surface area contributed by atoms with Crippen LogP contribution in [-0.4, -0.2) is 36.6 Å². The SMILES string of the molecule is COc1ccc([C@H]2CCCN2C(=O)c2ccc(=O)[nH]c2)c(OC)c1. The number of hydrogen-bond donors (Lipinski definition) is 1. The second kappa shape index (κ2) is 6.78. The van der Waals surface area contributed by atoms with Crippen molar-refractivity contribution in [3.8, 4) is 11.5 Å². The molecule has 1 aliphatic rings. The van der Waals surface area contributed by atoms with E-state index in [1.165, 1.54) is 12.3 Å². The Bertz CT molecular complexity index is 779. The molecule has 24 heavy (non-hydrogen) atoms. The highest BCUT2D eigenvalue weighted by molar-refractivity contribution is 5.94. The summed E-state index contributed by atoms with van der Waals surface area (Å²) in [6.07, 6.45) is 3.26. The standard InChI is InChI=1S/C18H20N2O4/c1-23-13-6-7-14(16(10-13)24-2)15-4-3-9-20(15)18(22)12-5-8-17(21)19-11-12/h5-8,10-11,15H,3-4,9H2,1-2H3,(H,19,21)/t15-/m1/s1. The molecule has 2 aromatic rings. The Labute approximate surface area is 140 Å². The number of rotatable bonds is 4. The first-order valence-corrected chi connectivity index (χ1v) is 7.85. The average Bonchev–Trinajstić information content (AvgIpc) is 3.10. The summed E-state index contributed by atoms with van der Waals surface area (Å²) in [6.45, 7) is 0.678. The second-order valence-electron chi connectivity index (χ2n) is 5.71. The maximum absolute atomic E-state index is 12.8. The smallest absolute Gasteiger partial charge is 0.255 e. The van der Waals surface area contributed by atoms with Gasteiger partial charge in [-0.1, -0.05) is 0 Å². The van der Waals surface area contributed by atoms with Crippen LogP contribution in [0, 0.1) is 0 Å². The van der Waals surface area contributed by atoms with Crippen molar-refractivity contribution in [2.45, 2.75) is 18.9 Å². The highest BCUT2D eigenvalue weighted by Crippen LogP contribution is 2.39. The fraction of sp³-hybridized carbons (Fsp3) is 0.333. The minimum absolute atomic E-state index is 0.0507. The lowest BCUT2D eigenvalue weighted by atomic mass is 10.0. The van der Waals surface area contributed by atoms with Gasteiger partial charge in [0.25, 0.3) is 5.91 Å². The van der Waals surface area contributed by atoms with Gasteiger partial charge in [-0.2, -0.15) is 0 Å². The lowest BCUT2D eigenvalue weighted by molar-refractivity contribution is 0.0733. The number of nitrogens with zero attached hydrogens (tertiary/aromatic N) is 1. The Kier molecular flexibility index (Phi) is 4.55. The number of nitrogens with one attached hydrogen (secondary N) is 1. The van der Waals surface area contributed by atoms with Gasteiger partial charge < -0.3 is 19.4 Å². The van der Waals surface area contributed by atoms with Gasteiger partial charge in [-0.3, -0.25) is 9.59 Å². The van der Waals surface area contributed by atoms with Gasteiger partial charge in [0.2, 0.25) is 5.56 Å². The number of ether oxygens (including phenoxy) is 2. The van der Waals surface area contributed by atoms with Crippen LogP contribution in [-0.2, 0) is 0 Å². The predicted molar refractivity (Wildman–Crippen MR) is 89.6 cm³/mol. The molecule has 6 nitrogen and oxygen atoms in total. The molecule has 1 N–H and O–H groups in total. The molecule has 0 radical (unpaired) electrons. The second-order valence-corrected chi connectivity index (χ2v) is 5.71. The lowest BCUT2D eigenvalue weighted by Crippen LogP contribution is -2.31. The summed E-state index contributed by atoms with van der Waals surface area (Å²) in [5.74, 6) is 1.33. The molecule has 1 amide bonds. The van der Waals surface area contributed by atoms with E-state index in [1.807, 2.05) is 23.1 Å². The van der Waals surface area contributed by atoms with Crippen molar-refractivity contribution >= 4 is 5.91 Å². The zero-order valence-corrected chi connectivity index (χ0v) is 13.7. The maximum Gasteiger partial charge on any atom is 0.255 e. The third kappa shape index (κ3) is 2.99. The minimum Gasteiger partial charge on any atom is -0.497 e. The Morgan fingerprint density at radius 3 is 2.71 bits per heavy atom. The summed E-state index contributed by atoms with van der Waals surface area (Å²) >= 11 is 0. The Morgan fingerprint density at radius 1 is 1.21 bits per heavy atom. The largest absolute Gasteiger partial charge is 0.497 e. The topological polar surface area (TPSA) is 71.6 Å². The van der Waals surface area contributed by atoms with E-state index < -0.39 is 0 Å². The number of hydrogen-bond acceptors (Lipinski definition) is 4. The number of aromatic nitrogens is 1. The number of likely N-dealkylation sites (tertiary alicyclic amines) is 1. The monoisotopic (exact) mass is 328 g/mol. The van der Waals surface area contributed by atoms with Gasteiger partial charge in [-0.05, 0) is 31.0 Å². The van der Waals surface area contributed by atoms with E-state index in [0.717, 1.165) is 18.4 Å². The zero-order chi connectivity index (χ0) is 17.1. The molecule has 0 saturated carbocycles. The summed E-state index contributed by atoms with van der Waals surface area (Å²) in [5, 5.41) is 0. The Balaban J connectivity index is 1.92. The fourth-order valence-electron chi connectivity index (χ4n) is 3.14. The number of pyridine rings is 1. The summed E-state index contributed by atoms with van der Waals surface area (Å²) in [7, 11) is 3.22. The van der Waals surface area contributed by atoms with Crippen molar-refractivity contribution in [3.05, 3.63) is 58.0 Å². The van der Waals surface area contributed by atoms with Gasteiger partial charge in [0.05, 0.1) is 25.8 Å². The molecule has 3 rings (SSSR count). The molecule has 1 aromatic carbocycles.